The first kappa shape index (κ1) is 101. The highest BCUT2D eigenvalue weighted by atomic mass is 19.5. The van der Waals surface area contributed by atoms with Crippen molar-refractivity contribution in [3.8, 4) is 91.5 Å². The van der Waals surface area contributed by atoms with E-state index >= 15 is 70.2 Å². The molecule has 3 aromatic heterocycles. The summed E-state index contributed by atoms with van der Waals surface area (Å²) in [4.78, 5) is 33.8. The fraction of sp³-hybridized carbons (Fsp3) is 0.429. The Balaban J connectivity index is 1.28. The van der Waals surface area contributed by atoms with Gasteiger partial charge in [-0.25, -0.2) is 29.9 Å². The number of nitrogens with zero attached hydrogens (tertiary/aromatic N) is 6. The average molecular weight is 2000 g/mol. The van der Waals surface area contributed by atoms with Gasteiger partial charge in [-0.05, 0) is 25.7 Å². The normalized spacial score (nSPS) is 14.1. The molecule has 2 N–H and O–H groups in total. The van der Waals surface area contributed by atoms with Crippen molar-refractivity contribution in [1.82, 2.24) is 39.9 Å². The quantitative estimate of drug-likeness (QED) is 0.0354. The van der Waals surface area contributed by atoms with Gasteiger partial charge in [0.2, 0.25) is 0 Å². The first-order valence-corrected chi connectivity index (χ1v) is 40.0. The molecule has 52 heteroatoms. The summed E-state index contributed by atoms with van der Waals surface area (Å²) >= 11 is 0. The lowest BCUT2D eigenvalue weighted by atomic mass is 9.97. The lowest BCUT2D eigenvalue weighted by molar-refractivity contribution is -0.397. The Morgan fingerprint density at radius 1 is 0.206 bits per heavy atom. The highest BCUT2D eigenvalue weighted by molar-refractivity contribution is 6.23. The van der Waals surface area contributed by atoms with Gasteiger partial charge in [-0.1, -0.05) is 125 Å². The van der Waals surface area contributed by atoms with Gasteiger partial charge in [0.1, 0.15) is 68.6 Å². The van der Waals surface area contributed by atoms with Gasteiger partial charge in [-0.2, -0.15) is 158 Å². The monoisotopic (exact) mass is 1990 g/mol. The molecule has 0 spiro atoms. The van der Waals surface area contributed by atoms with Crippen LogP contribution in [0.2, 0.25) is 0 Å². The van der Waals surface area contributed by atoms with Gasteiger partial charge < -0.3 is 47.9 Å². The van der Waals surface area contributed by atoms with Gasteiger partial charge in [0.15, 0.2) is 23.3 Å². The van der Waals surface area contributed by atoms with E-state index in [4.69, 9.17) is 47.9 Å². The van der Waals surface area contributed by atoms with E-state index in [1.165, 1.54) is 50.2 Å². The van der Waals surface area contributed by atoms with E-state index in [0.29, 0.717) is 12.1 Å². The van der Waals surface area contributed by atoms with Crippen LogP contribution in [0.4, 0.5) is 158 Å². The van der Waals surface area contributed by atoms with Crippen LogP contribution >= 0.6 is 0 Å². The van der Waals surface area contributed by atoms with E-state index < -0.39 is 296 Å². The molecule has 2 aliphatic heterocycles. The lowest BCUT2D eigenvalue weighted by Gasteiger charge is -2.33. The second kappa shape index (κ2) is 35.2. The molecule has 0 atom stereocenters. The van der Waals surface area contributed by atoms with Crippen molar-refractivity contribution >= 4 is 87.2 Å². The molecule has 0 aliphatic carbocycles. The maximum atomic E-state index is 16.0. The third kappa shape index (κ3) is 16.6. The maximum Gasteiger partial charge on any atom is 0.460 e. The number of H-pyrrole nitrogens is 2. The fourth-order valence-electron chi connectivity index (χ4n) is 14.6. The smallest absolute Gasteiger partial charge is 0.460 e. The molecule has 136 heavy (non-hydrogen) atoms. The minimum Gasteiger partial charge on any atom is -0.492 e. The molecule has 0 unspecified atom stereocenters. The van der Waals surface area contributed by atoms with E-state index in [-0.39, 0.29) is 82.7 Å². The van der Waals surface area contributed by atoms with E-state index in [0.717, 1.165) is 48.5 Å². The first-order valence-electron chi connectivity index (χ1n) is 40.0. The second-order valence-electron chi connectivity index (χ2n) is 30.6. The summed E-state index contributed by atoms with van der Waals surface area (Å²) in [5.41, 5.74) is -7.41. The number of benzene rings is 8. The summed E-state index contributed by atoms with van der Waals surface area (Å²) in [6.07, 6.45) is -41.4. The third-order valence-corrected chi connectivity index (χ3v) is 21.4. The van der Waals surface area contributed by atoms with Crippen molar-refractivity contribution in [3.05, 3.63) is 97.1 Å². The van der Waals surface area contributed by atoms with Crippen molar-refractivity contribution in [1.29, 1.82) is 0 Å². The SMILES string of the molecule is CCCOc1c2c(c(OCCC(F)(F)C(F)(F)C(F)(F)C(F)(F)F)c3ccccc13)-c1nc-2nc2[nH]c(nc3nc(nc4[nH]c(n1)c1c(OCCC(F)(F)C(F)(F)C(F)(F)C(F)(F)F)c5ccccc5c(OCCC(F)(F)C(F)(F)C(F)(F)C(F)(F)F)c41)-c1c-3c(OCCC)c3ccccc3c1OCCC(F)(F)C(F)(F)C(F)(F)C(F)(F)F)c1c(OCCC)c3ccccc3c(OCCC)c21. The standard InChI is InChI=1S/C84H62F36N8O8/c1-5-29-129-53-37-17-9-10-18-38(37)54(130-30-6-2)46-45(53)61-121-62(46)123-64-48-50(58(42-22-14-12-20-40(42)56(48)132-32-8-4)134-34-26-70(87,88)74(95,96)78(103,104)82(112,113)114)66(125-64)127-68-52-51(59(135-35-27-71(89,90)75(97,98)79(105,106)83(115,116)117)43-23-15-16-24-44(43)60(52)136-36-28-72(91,92)76(99,100)80(107,108)84(118,119)120)67(128-68)126-65-49-47(63(122-61)124-65)55(131-31-7-3)39-19-11-13-21-41(39)57(49)133-33-25-69(85,86)73(93,94)77(101,102)81(109,110)111/h9-24H,5-8,25-36H2,1-4H3,(H2,121,122,123,124,125,126,127,128). The summed E-state index contributed by atoms with van der Waals surface area (Å²) in [5, 5.41) is -6.79. The number of aromatic nitrogens is 8. The summed E-state index contributed by atoms with van der Waals surface area (Å²) in [6.45, 7) is -4.23. The van der Waals surface area contributed by atoms with Crippen molar-refractivity contribution in [2.75, 3.05) is 52.9 Å². The van der Waals surface area contributed by atoms with Crippen molar-refractivity contribution < 1.29 is 196 Å². The average Bonchev–Trinajstić information content (AvgIpc) is 1.55. The number of hydrogen-bond acceptors (Lipinski definition) is 14. The minimum absolute atomic E-state index is 0.0334. The van der Waals surface area contributed by atoms with E-state index in [1.807, 2.05) is 0 Å². The van der Waals surface area contributed by atoms with Crippen LogP contribution in [0.15, 0.2) is 97.1 Å². The molecule has 0 amide bonds. The maximum absolute atomic E-state index is 16.0. The molecule has 0 saturated carbocycles. The number of fused-ring (bicyclic) bond motifs is 24. The molecular weight excluding hydrogens is 1930 g/mol. The molecule has 8 bridgehead atoms. The zero-order valence-electron chi connectivity index (χ0n) is 69.1. The Morgan fingerprint density at radius 2 is 0.360 bits per heavy atom. The van der Waals surface area contributed by atoms with Gasteiger partial charge in [-0.3, -0.25) is 0 Å². The van der Waals surface area contributed by atoms with Crippen LogP contribution < -0.4 is 37.9 Å². The van der Waals surface area contributed by atoms with Crippen LogP contribution in [-0.2, 0) is 0 Å². The molecule has 13 rings (SSSR count). The summed E-state index contributed by atoms with van der Waals surface area (Å²) in [7, 11) is 0. The van der Waals surface area contributed by atoms with Gasteiger partial charge in [-0.15, -0.1) is 0 Å². The summed E-state index contributed by atoms with van der Waals surface area (Å²) < 4.78 is 582. The number of ether oxygens (including phenoxy) is 8. The highest BCUT2D eigenvalue weighted by Crippen LogP contribution is 2.63. The number of rotatable bonds is 36. The lowest BCUT2D eigenvalue weighted by Crippen LogP contribution is -2.61. The van der Waals surface area contributed by atoms with Crippen LogP contribution in [0.1, 0.15) is 79.1 Å². The predicted octanol–water partition coefficient (Wildman–Crippen LogP) is 27.6. The zero-order valence-corrected chi connectivity index (χ0v) is 69.1. The van der Waals surface area contributed by atoms with Crippen LogP contribution in [-0.4, -0.2) is 189 Å². The molecule has 16 nitrogen and oxygen atoms in total. The van der Waals surface area contributed by atoms with Crippen LogP contribution in [0, 0.1) is 0 Å². The molecule has 5 heterocycles. The Kier molecular flexibility index (Phi) is 26.3. The number of nitrogens with one attached hydrogen (secondary N) is 2. The van der Waals surface area contributed by atoms with E-state index in [1.54, 1.807) is 13.8 Å². The van der Waals surface area contributed by atoms with Gasteiger partial charge in [0, 0.05) is 43.1 Å². The van der Waals surface area contributed by atoms with Crippen molar-refractivity contribution in [3.63, 3.8) is 0 Å². The topological polar surface area (TPSA) is 183 Å². The molecule has 0 fully saturated rings. The predicted molar refractivity (Wildman–Crippen MR) is 413 cm³/mol. The molecular formula is C84H62F36N8O8. The largest absolute Gasteiger partial charge is 0.492 e. The Bertz CT molecular complexity index is 6210. The molecule has 0 radical (unpaired) electrons. The third-order valence-electron chi connectivity index (χ3n) is 21.4. The molecule has 738 valence electrons. The number of alkyl halides is 36. The molecule has 2 aliphatic rings. The van der Waals surface area contributed by atoms with Crippen molar-refractivity contribution in [2.45, 2.75) is 175 Å². The van der Waals surface area contributed by atoms with Gasteiger partial charge >= 0.3 is 95.8 Å². The second-order valence-corrected chi connectivity index (χ2v) is 30.6. The van der Waals surface area contributed by atoms with E-state index in [9.17, 15) is 87.8 Å². The van der Waals surface area contributed by atoms with Crippen LogP contribution in [0.3, 0.4) is 0 Å². The highest BCUT2D eigenvalue weighted by Gasteiger charge is 2.85. The fourth-order valence-corrected chi connectivity index (χ4v) is 14.6. The Hall–Kier alpha value is -12.0. The van der Waals surface area contributed by atoms with Crippen molar-refractivity contribution in [2.24, 2.45) is 0 Å². The number of aromatic amines is 2. The molecule has 11 aromatic rings. The number of halogens is 36. The van der Waals surface area contributed by atoms with Crippen LogP contribution in [0.5, 0.6) is 46.0 Å². The van der Waals surface area contributed by atoms with Gasteiger partial charge in [0.25, 0.3) is 0 Å². The number of hydrogen-bond donors (Lipinski definition) is 2. The first-order chi connectivity index (χ1) is 63.0. The summed E-state index contributed by atoms with van der Waals surface area (Å²) in [5.74, 6) is -97.4. The zero-order chi connectivity index (χ0) is 100. The molecule has 0 saturated heterocycles. The van der Waals surface area contributed by atoms with Gasteiger partial charge in [0.05, 0.1) is 122 Å². The Morgan fingerprint density at radius 3 is 0.529 bits per heavy atom. The van der Waals surface area contributed by atoms with E-state index in [2.05, 4.69) is 29.9 Å². The Labute approximate surface area is 737 Å². The minimum atomic E-state index is -7.67. The molecule has 8 aromatic carbocycles. The summed E-state index contributed by atoms with van der Waals surface area (Å²) in [6, 6.07) is 17.8. The van der Waals surface area contributed by atoms with Crippen LogP contribution in [0.25, 0.3) is 133 Å².